The number of rotatable bonds is 5. The van der Waals surface area contributed by atoms with Gasteiger partial charge in [-0.05, 0) is 55.3 Å². The van der Waals surface area contributed by atoms with Crippen molar-refractivity contribution >= 4 is 40.7 Å². The van der Waals surface area contributed by atoms with Crippen LogP contribution in [0.3, 0.4) is 0 Å². The Morgan fingerprint density at radius 2 is 1.97 bits per heavy atom. The second kappa shape index (κ2) is 8.83. The van der Waals surface area contributed by atoms with Gasteiger partial charge in [0.05, 0.1) is 0 Å². The number of carboxylic acids is 1. The smallest absolute Gasteiger partial charge is 0.412 e. The fourth-order valence-corrected chi connectivity index (χ4v) is 4.22. The molecule has 1 aromatic carbocycles. The Labute approximate surface area is 207 Å². The van der Waals surface area contributed by atoms with Crippen molar-refractivity contribution in [2.75, 3.05) is 5.32 Å². The molecule has 180 valence electrons. The van der Waals surface area contributed by atoms with Crippen molar-refractivity contribution in [1.29, 1.82) is 5.26 Å². The fraction of sp³-hybridized carbons (Fsp3) is 0.250. The van der Waals surface area contributed by atoms with Crippen LogP contribution in [0, 0.1) is 30.1 Å². The summed E-state index contributed by atoms with van der Waals surface area (Å²) in [4.78, 5) is 32.3. The van der Waals surface area contributed by atoms with Gasteiger partial charge in [0.25, 0.3) is 17.3 Å². The maximum atomic E-state index is 12.5. The number of amides is 1. The number of aliphatic carboxylic acids is 1. The van der Waals surface area contributed by atoms with Gasteiger partial charge in [0, 0.05) is 5.92 Å². The summed E-state index contributed by atoms with van der Waals surface area (Å²) in [5, 5.41) is 21.3. The van der Waals surface area contributed by atoms with Gasteiger partial charge < -0.3 is 18.7 Å². The highest BCUT2D eigenvalue weighted by Gasteiger charge is 2.56. The predicted molar refractivity (Wildman–Crippen MR) is 125 cm³/mol. The fourth-order valence-electron chi connectivity index (χ4n) is 3.62. The molecule has 1 fully saturated rings. The van der Waals surface area contributed by atoms with Crippen LogP contribution in [0.25, 0.3) is 11.4 Å². The van der Waals surface area contributed by atoms with Crippen molar-refractivity contribution in [2.45, 2.75) is 38.2 Å². The van der Waals surface area contributed by atoms with Crippen molar-refractivity contribution in [3.8, 4) is 17.9 Å². The van der Waals surface area contributed by atoms with Crippen molar-refractivity contribution in [3.05, 3.63) is 57.7 Å². The largest absolute Gasteiger partial charge is 0.480 e. The van der Waals surface area contributed by atoms with E-state index in [0.29, 0.717) is 12.8 Å². The Hall–Kier alpha value is -4.68. The average molecular weight is 503 g/mol. The van der Waals surface area contributed by atoms with Gasteiger partial charge in [-0.25, -0.2) is 4.79 Å². The minimum atomic E-state index is -1.12. The number of ether oxygens (including phenoxy) is 1. The molecule has 0 spiro atoms. The van der Waals surface area contributed by atoms with Crippen LogP contribution < -0.4 is 5.32 Å². The van der Waals surface area contributed by atoms with E-state index in [0.717, 1.165) is 22.7 Å². The monoisotopic (exact) mass is 503 g/mol. The van der Waals surface area contributed by atoms with Crippen LogP contribution in [-0.4, -0.2) is 31.5 Å². The number of aryl methyl sites for hydroxylation is 1. The van der Waals surface area contributed by atoms with Gasteiger partial charge in [0.15, 0.2) is 5.69 Å². The molecule has 0 bridgehead atoms. The number of nitriles is 1. The average Bonchev–Trinajstić information content (AvgIpc) is 3.23. The van der Waals surface area contributed by atoms with Gasteiger partial charge in [-0.2, -0.15) is 19.6 Å². The molecule has 3 aromatic heterocycles. The van der Waals surface area contributed by atoms with Gasteiger partial charge >= 0.3 is 12.1 Å². The highest BCUT2D eigenvalue weighted by Crippen LogP contribution is 2.48. The Morgan fingerprint density at radius 1 is 1.22 bits per heavy atom. The highest BCUT2D eigenvalue weighted by molar-refractivity contribution is 7.07. The predicted octanol–water partition coefficient (Wildman–Crippen LogP) is 4.28. The molecule has 0 aliphatic heterocycles. The Bertz CT molecular complexity index is 1580. The van der Waals surface area contributed by atoms with Crippen LogP contribution in [0.1, 0.15) is 59.3 Å². The summed E-state index contributed by atoms with van der Waals surface area (Å²) in [7, 11) is 0. The normalized spacial score (nSPS) is 14.4. The molecule has 4 aromatic rings. The lowest BCUT2D eigenvalue weighted by Gasteiger charge is -2.16. The third-order valence-electron chi connectivity index (χ3n) is 5.76. The van der Waals surface area contributed by atoms with Gasteiger partial charge in [0.2, 0.25) is 5.89 Å². The van der Waals surface area contributed by atoms with Gasteiger partial charge in [-0.3, -0.25) is 10.1 Å². The van der Waals surface area contributed by atoms with Crippen LogP contribution >= 0.6 is 11.5 Å². The van der Waals surface area contributed by atoms with Gasteiger partial charge in [0.1, 0.15) is 28.2 Å². The molecule has 1 atom stereocenters. The molecule has 0 radical (unpaired) electrons. The van der Waals surface area contributed by atoms with Gasteiger partial charge in [-0.15, -0.1) is 0 Å². The zero-order valence-electron chi connectivity index (χ0n) is 19.0. The SMILES string of the molecule is Cc1ccccc1C(C)OC(=O)Nc1c(C#Cc2nc3oc(C4(C(=O)O)CC4)nc3o2)nsc1C#N. The lowest BCUT2D eigenvalue weighted by molar-refractivity contribution is -0.140. The number of nitrogens with zero attached hydrogens (tertiary/aromatic N) is 4. The molecule has 36 heavy (non-hydrogen) atoms. The first-order valence-corrected chi connectivity index (χ1v) is 11.5. The number of aromatic nitrogens is 3. The first-order chi connectivity index (χ1) is 17.3. The molecule has 3 heterocycles. The summed E-state index contributed by atoms with van der Waals surface area (Å²) < 4.78 is 20.5. The summed E-state index contributed by atoms with van der Waals surface area (Å²) >= 11 is 0.871. The van der Waals surface area contributed by atoms with Crippen LogP contribution in [-0.2, 0) is 14.9 Å². The first-order valence-electron chi connectivity index (χ1n) is 10.8. The maximum absolute atomic E-state index is 12.5. The number of carboxylic acid groups (broad SMARTS) is 1. The second-order valence-corrected chi connectivity index (χ2v) is 8.94. The van der Waals surface area contributed by atoms with E-state index in [4.69, 9.17) is 13.6 Å². The number of hydrogen-bond donors (Lipinski definition) is 2. The highest BCUT2D eigenvalue weighted by atomic mass is 32.1. The van der Waals surface area contributed by atoms with E-state index >= 15 is 0 Å². The van der Waals surface area contributed by atoms with E-state index in [1.54, 1.807) is 6.92 Å². The molecule has 1 amide bonds. The Morgan fingerprint density at radius 3 is 2.64 bits per heavy atom. The molecular weight excluding hydrogens is 486 g/mol. The molecule has 5 rings (SSSR count). The molecule has 11 nitrogen and oxygen atoms in total. The van der Waals surface area contributed by atoms with Crippen molar-refractivity contribution < 1.29 is 28.3 Å². The van der Waals surface area contributed by atoms with Crippen molar-refractivity contribution in [1.82, 2.24) is 14.3 Å². The number of carbonyl (C=O) groups is 2. The molecule has 0 saturated heterocycles. The van der Waals surface area contributed by atoms with E-state index < -0.39 is 23.6 Å². The first kappa shape index (κ1) is 23.1. The van der Waals surface area contributed by atoms with E-state index in [1.807, 2.05) is 37.3 Å². The number of hydrogen-bond acceptors (Lipinski definition) is 10. The van der Waals surface area contributed by atoms with Crippen LogP contribution in [0.15, 0.2) is 33.1 Å². The molecule has 1 aliphatic rings. The quantitative estimate of drug-likeness (QED) is 0.376. The third-order valence-corrected chi connectivity index (χ3v) is 6.52. The van der Waals surface area contributed by atoms with Crippen LogP contribution in [0.4, 0.5) is 10.5 Å². The number of oxazole rings is 2. The van der Waals surface area contributed by atoms with Crippen molar-refractivity contribution in [2.24, 2.45) is 0 Å². The number of benzene rings is 1. The van der Waals surface area contributed by atoms with Crippen molar-refractivity contribution in [3.63, 3.8) is 0 Å². The van der Waals surface area contributed by atoms with Crippen LogP contribution in [0.5, 0.6) is 0 Å². The number of fused-ring (bicyclic) bond motifs is 1. The van der Waals surface area contributed by atoms with E-state index in [9.17, 15) is 20.0 Å². The number of nitrogens with one attached hydrogen (secondary N) is 1. The topological polar surface area (TPSA) is 164 Å². The minimum Gasteiger partial charge on any atom is -0.480 e. The standard InChI is InChI=1S/C24H17N5O6S/c1-12-5-3-4-6-14(12)13(2)33-23(32)27-18-15(29-36-16(18)11-25)7-8-17-26-19-20(34-17)28-21(35-19)24(9-10-24)22(30)31/h3-6,13H,9-10H2,1-2H3,(H,27,32)(H,30,31). The third kappa shape index (κ3) is 4.15. The summed E-state index contributed by atoms with van der Waals surface area (Å²) in [6, 6.07) is 9.51. The molecule has 1 aliphatic carbocycles. The Kier molecular flexibility index (Phi) is 5.66. The zero-order valence-corrected chi connectivity index (χ0v) is 19.8. The van der Waals surface area contributed by atoms with E-state index in [1.165, 1.54) is 0 Å². The summed E-state index contributed by atoms with van der Waals surface area (Å²) in [5.41, 5.74) is 1.03. The molecule has 1 unspecified atom stereocenters. The van der Waals surface area contributed by atoms with E-state index in [-0.39, 0.29) is 39.5 Å². The zero-order chi connectivity index (χ0) is 25.4. The summed E-state index contributed by atoms with van der Waals surface area (Å²) in [6.07, 6.45) is -0.409. The second-order valence-electron chi connectivity index (χ2n) is 8.16. The molecule has 2 N–H and O–H groups in total. The lowest BCUT2D eigenvalue weighted by Crippen LogP contribution is -2.19. The minimum absolute atomic E-state index is 0.0323. The lowest BCUT2D eigenvalue weighted by atomic mass is 10.1. The number of carbonyl (C=O) groups excluding carboxylic acids is 1. The van der Waals surface area contributed by atoms with E-state index in [2.05, 4.69) is 31.5 Å². The molecule has 1 saturated carbocycles. The van der Waals surface area contributed by atoms with Crippen LogP contribution in [0.2, 0.25) is 0 Å². The molecule has 12 heteroatoms. The van der Waals surface area contributed by atoms with Gasteiger partial charge in [-0.1, -0.05) is 24.3 Å². The summed E-state index contributed by atoms with van der Waals surface area (Å²) in [5.74, 6) is 4.38. The Balaban J connectivity index is 1.33. The molecular formula is C24H17N5O6S. The number of anilines is 1. The maximum Gasteiger partial charge on any atom is 0.412 e. The summed E-state index contributed by atoms with van der Waals surface area (Å²) in [6.45, 7) is 3.67.